The number of rotatable bonds is 12. The van der Waals surface area contributed by atoms with E-state index in [1.807, 2.05) is 37.3 Å². The van der Waals surface area contributed by atoms with E-state index >= 15 is 0 Å². The molecule has 1 unspecified atom stereocenters. The maximum absolute atomic E-state index is 11.7. The Morgan fingerprint density at radius 3 is 2.19 bits per heavy atom. The molecule has 0 heterocycles. The topological polar surface area (TPSA) is 93.1 Å². The molecule has 0 saturated heterocycles. The maximum atomic E-state index is 11.7. The van der Waals surface area contributed by atoms with Gasteiger partial charge in [-0.2, -0.15) is 4.89 Å². The molecule has 1 atom stereocenters. The summed E-state index contributed by atoms with van der Waals surface area (Å²) in [5.74, 6) is -3.34. The van der Waals surface area contributed by atoms with Crippen molar-refractivity contribution < 1.29 is 29.6 Å². The molecule has 6 heteroatoms. The Hall–Kier alpha value is -2.34. The SMILES string of the molecule is CCCCC(CC)C/C(C(=O)O)=C(/OOC(C)(C)c1ccccc1)C(=O)O. The third-order valence-electron chi connectivity index (χ3n) is 4.56. The Morgan fingerprint density at radius 1 is 1.07 bits per heavy atom. The fraction of sp³-hybridized carbons (Fsp3) is 0.524. The van der Waals surface area contributed by atoms with Crippen molar-refractivity contribution in [2.24, 2.45) is 5.92 Å². The van der Waals surface area contributed by atoms with Gasteiger partial charge in [-0.3, -0.25) is 0 Å². The van der Waals surface area contributed by atoms with Crippen molar-refractivity contribution in [3.63, 3.8) is 0 Å². The minimum absolute atomic E-state index is 0.0798. The first-order valence-electron chi connectivity index (χ1n) is 9.33. The van der Waals surface area contributed by atoms with Crippen molar-refractivity contribution in [1.82, 2.24) is 0 Å². The van der Waals surface area contributed by atoms with Crippen LogP contribution in [-0.2, 0) is 25.0 Å². The third-order valence-corrected chi connectivity index (χ3v) is 4.56. The summed E-state index contributed by atoms with van der Waals surface area (Å²) in [5.41, 5.74) is -0.437. The highest BCUT2D eigenvalue weighted by Gasteiger charge is 2.30. The molecule has 0 amide bonds. The second-order valence-corrected chi connectivity index (χ2v) is 7.08. The van der Waals surface area contributed by atoms with E-state index in [-0.39, 0.29) is 17.9 Å². The van der Waals surface area contributed by atoms with Crippen LogP contribution in [-0.4, -0.2) is 22.2 Å². The molecule has 0 radical (unpaired) electrons. The summed E-state index contributed by atoms with van der Waals surface area (Å²) in [6, 6.07) is 9.16. The van der Waals surface area contributed by atoms with Crippen molar-refractivity contribution in [3.8, 4) is 0 Å². The lowest BCUT2D eigenvalue weighted by Crippen LogP contribution is -2.24. The van der Waals surface area contributed by atoms with Crippen molar-refractivity contribution in [3.05, 3.63) is 47.2 Å². The van der Waals surface area contributed by atoms with Gasteiger partial charge in [-0.15, -0.1) is 0 Å². The quantitative estimate of drug-likeness (QED) is 0.233. The average molecular weight is 378 g/mol. The second kappa shape index (κ2) is 10.7. The Morgan fingerprint density at radius 2 is 1.70 bits per heavy atom. The van der Waals surface area contributed by atoms with Crippen LogP contribution in [0.25, 0.3) is 0 Å². The number of unbranched alkanes of at least 4 members (excludes halogenated alkanes) is 1. The Kier molecular flexibility index (Phi) is 9.02. The molecule has 27 heavy (non-hydrogen) atoms. The van der Waals surface area contributed by atoms with Crippen LogP contribution in [0.5, 0.6) is 0 Å². The highest BCUT2D eigenvalue weighted by molar-refractivity contribution is 5.97. The summed E-state index contributed by atoms with van der Waals surface area (Å²) in [5, 5.41) is 19.0. The summed E-state index contributed by atoms with van der Waals surface area (Å²) < 4.78 is 0. The van der Waals surface area contributed by atoms with Crippen LogP contribution >= 0.6 is 0 Å². The first-order valence-corrected chi connectivity index (χ1v) is 9.33. The molecule has 2 N–H and O–H groups in total. The number of benzene rings is 1. The van der Waals surface area contributed by atoms with Gasteiger partial charge in [0.25, 0.3) is 5.76 Å². The molecular weight excluding hydrogens is 348 g/mol. The summed E-state index contributed by atoms with van der Waals surface area (Å²) in [4.78, 5) is 33.8. The van der Waals surface area contributed by atoms with Crippen LogP contribution in [0.15, 0.2) is 41.7 Å². The van der Waals surface area contributed by atoms with Gasteiger partial charge < -0.3 is 15.1 Å². The first kappa shape index (κ1) is 22.7. The molecule has 0 aliphatic carbocycles. The highest BCUT2D eigenvalue weighted by atomic mass is 17.2. The van der Waals surface area contributed by atoms with Gasteiger partial charge in [-0.25, -0.2) is 9.59 Å². The van der Waals surface area contributed by atoms with Crippen LogP contribution < -0.4 is 0 Å². The molecular formula is C21H30O6. The number of carboxylic acids is 2. The van der Waals surface area contributed by atoms with Gasteiger partial charge in [0.05, 0.1) is 5.57 Å². The zero-order valence-electron chi connectivity index (χ0n) is 16.5. The van der Waals surface area contributed by atoms with Gasteiger partial charge in [0, 0.05) is 0 Å². The van der Waals surface area contributed by atoms with E-state index in [0.717, 1.165) is 31.2 Å². The number of hydrogen-bond donors (Lipinski definition) is 2. The average Bonchev–Trinajstić information content (AvgIpc) is 2.63. The summed E-state index contributed by atoms with van der Waals surface area (Å²) in [6.07, 6.45) is 3.70. The van der Waals surface area contributed by atoms with Crippen molar-refractivity contribution in [1.29, 1.82) is 0 Å². The molecule has 6 nitrogen and oxygen atoms in total. The summed E-state index contributed by atoms with van der Waals surface area (Å²) in [6.45, 7) is 7.47. The Labute approximate surface area is 160 Å². The minimum atomic E-state index is -1.46. The highest BCUT2D eigenvalue weighted by Crippen LogP contribution is 2.28. The molecule has 0 saturated carbocycles. The van der Waals surface area contributed by atoms with Crippen molar-refractivity contribution in [2.75, 3.05) is 0 Å². The largest absolute Gasteiger partial charge is 0.478 e. The number of hydrogen-bond acceptors (Lipinski definition) is 4. The predicted molar refractivity (Wildman–Crippen MR) is 102 cm³/mol. The Bertz CT molecular complexity index is 648. The number of aliphatic carboxylic acids is 2. The fourth-order valence-corrected chi connectivity index (χ4v) is 2.76. The van der Waals surface area contributed by atoms with Gasteiger partial charge >= 0.3 is 11.9 Å². The monoisotopic (exact) mass is 378 g/mol. The van der Waals surface area contributed by atoms with Gasteiger partial charge in [-0.1, -0.05) is 69.9 Å². The summed E-state index contributed by atoms with van der Waals surface area (Å²) >= 11 is 0. The van der Waals surface area contributed by atoms with E-state index < -0.39 is 23.3 Å². The smallest absolute Gasteiger partial charge is 0.375 e. The third kappa shape index (κ3) is 7.06. The molecule has 0 aliphatic heterocycles. The number of carbonyl (C=O) groups is 2. The van der Waals surface area contributed by atoms with Gasteiger partial charge in [0.1, 0.15) is 5.60 Å². The fourth-order valence-electron chi connectivity index (χ4n) is 2.76. The molecule has 1 aromatic carbocycles. The van der Waals surface area contributed by atoms with Crippen molar-refractivity contribution >= 4 is 11.9 Å². The van der Waals surface area contributed by atoms with E-state index in [2.05, 4.69) is 6.92 Å². The van der Waals surface area contributed by atoms with Gasteiger partial charge in [-0.05, 0) is 31.7 Å². The van der Waals surface area contributed by atoms with Gasteiger partial charge in [0.2, 0.25) is 0 Å². The van der Waals surface area contributed by atoms with Crippen LogP contribution in [0.4, 0.5) is 0 Å². The molecule has 150 valence electrons. The lowest BCUT2D eigenvalue weighted by Gasteiger charge is -2.24. The zero-order chi connectivity index (χ0) is 20.4. The van der Waals surface area contributed by atoms with Crippen LogP contribution in [0.3, 0.4) is 0 Å². The van der Waals surface area contributed by atoms with E-state index in [1.54, 1.807) is 13.8 Å². The van der Waals surface area contributed by atoms with Crippen LogP contribution in [0.1, 0.15) is 65.4 Å². The molecule has 0 spiro atoms. The minimum Gasteiger partial charge on any atom is -0.478 e. The molecule has 0 fully saturated rings. The molecule has 0 bridgehead atoms. The normalized spacial score (nSPS) is 13.6. The molecule has 0 aromatic heterocycles. The van der Waals surface area contributed by atoms with E-state index in [9.17, 15) is 19.8 Å². The second-order valence-electron chi connectivity index (χ2n) is 7.08. The molecule has 0 aliphatic rings. The van der Waals surface area contributed by atoms with E-state index in [4.69, 9.17) is 9.78 Å². The van der Waals surface area contributed by atoms with Gasteiger partial charge in [0.15, 0.2) is 0 Å². The lowest BCUT2D eigenvalue weighted by atomic mass is 9.91. The van der Waals surface area contributed by atoms with Crippen molar-refractivity contribution in [2.45, 2.75) is 65.4 Å². The zero-order valence-corrected chi connectivity index (χ0v) is 16.5. The first-order chi connectivity index (χ1) is 12.7. The summed E-state index contributed by atoms with van der Waals surface area (Å²) in [7, 11) is 0. The maximum Gasteiger partial charge on any atom is 0.375 e. The molecule has 1 rings (SSSR count). The lowest BCUT2D eigenvalue weighted by molar-refractivity contribution is -0.331. The molecule has 1 aromatic rings. The van der Waals surface area contributed by atoms with Crippen LogP contribution in [0.2, 0.25) is 0 Å². The standard InChI is InChI=1S/C21H30O6/c1-5-7-11-15(6-2)14-17(19(22)23)18(20(24)25)26-27-21(3,4)16-12-9-8-10-13-16/h8-10,12-13,15H,5-7,11,14H2,1-4H3,(H,22,23)(H,24,25)/b18-17-. The number of carboxylic acid groups (broad SMARTS) is 2. The Balaban J connectivity index is 3.05. The predicted octanol–water partition coefficient (Wildman–Crippen LogP) is 4.90. The van der Waals surface area contributed by atoms with E-state index in [1.165, 1.54) is 0 Å². The van der Waals surface area contributed by atoms with E-state index in [0.29, 0.717) is 0 Å². The van der Waals surface area contributed by atoms with Crippen LogP contribution in [0, 0.1) is 5.92 Å².